The second-order valence-corrected chi connectivity index (χ2v) is 2.70. The zero-order valence-corrected chi connectivity index (χ0v) is 7.73. The number of aliphatic carboxylic acids is 2. The van der Waals surface area contributed by atoms with Crippen LogP contribution in [-0.4, -0.2) is 35.2 Å². The Kier molecular flexibility index (Phi) is 5.28. The molecule has 0 aliphatic carbocycles. The lowest BCUT2D eigenvalue weighted by Gasteiger charge is -2.08. The lowest BCUT2D eigenvalue weighted by atomic mass is 10.0. The van der Waals surface area contributed by atoms with E-state index in [1.54, 1.807) is 0 Å². The van der Waals surface area contributed by atoms with Gasteiger partial charge >= 0.3 is 17.9 Å². The average Bonchev–Trinajstić information content (AvgIpc) is 2.10. The molecule has 0 radical (unpaired) electrons. The largest absolute Gasteiger partial charge is 0.481 e. The highest BCUT2D eigenvalue weighted by molar-refractivity contribution is 5.93. The maximum atomic E-state index is 10.9. The molecule has 0 saturated heterocycles. The number of methoxy groups -OCH3 is 1. The Labute approximate surface area is 80.5 Å². The minimum Gasteiger partial charge on any atom is -0.481 e. The molecule has 0 aliphatic rings. The SMILES string of the molecule is COC(=O)C(CCCC(=O)O)C(=O)O. The van der Waals surface area contributed by atoms with Gasteiger partial charge in [0.1, 0.15) is 0 Å². The first-order valence-corrected chi connectivity index (χ1v) is 4.01. The van der Waals surface area contributed by atoms with E-state index < -0.39 is 23.8 Å². The van der Waals surface area contributed by atoms with Gasteiger partial charge in [-0.3, -0.25) is 14.4 Å². The standard InChI is InChI=1S/C8H12O6/c1-14-8(13)5(7(11)12)3-2-4-6(9)10/h5H,2-4H2,1H3,(H,9,10)(H,11,12). The van der Waals surface area contributed by atoms with Crippen molar-refractivity contribution in [1.82, 2.24) is 0 Å². The molecule has 0 saturated carbocycles. The number of rotatable bonds is 6. The molecule has 1 atom stereocenters. The van der Waals surface area contributed by atoms with Crippen LogP contribution in [0.1, 0.15) is 19.3 Å². The summed E-state index contributed by atoms with van der Waals surface area (Å²) in [5.41, 5.74) is 0. The average molecular weight is 204 g/mol. The number of esters is 1. The van der Waals surface area contributed by atoms with Crippen molar-refractivity contribution in [2.45, 2.75) is 19.3 Å². The number of ether oxygens (including phenoxy) is 1. The zero-order chi connectivity index (χ0) is 11.1. The van der Waals surface area contributed by atoms with Crippen molar-refractivity contribution < 1.29 is 29.3 Å². The predicted octanol–water partition coefficient (Wildman–Crippen LogP) is 0.115. The fourth-order valence-electron chi connectivity index (χ4n) is 0.942. The number of hydrogen-bond acceptors (Lipinski definition) is 4. The Morgan fingerprint density at radius 2 is 1.86 bits per heavy atom. The summed E-state index contributed by atoms with van der Waals surface area (Å²) in [5.74, 6) is -4.41. The number of carbonyl (C=O) groups is 3. The van der Waals surface area contributed by atoms with Gasteiger partial charge in [0.2, 0.25) is 0 Å². The van der Waals surface area contributed by atoms with Gasteiger partial charge < -0.3 is 14.9 Å². The van der Waals surface area contributed by atoms with Gasteiger partial charge in [-0.15, -0.1) is 0 Å². The van der Waals surface area contributed by atoms with Crippen molar-refractivity contribution in [2.75, 3.05) is 7.11 Å². The number of carbonyl (C=O) groups excluding carboxylic acids is 1. The van der Waals surface area contributed by atoms with E-state index >= 15 is 0 Å². The monoisotopic (exact) mass is 204 g/mol. The topological polar surface area (TPSA) is 101 Å². The molecule has 6 heteroatoms. The normalized spacial score (nSPS) is 11.8. The smallest absolute Gasteiger partial charge is 0.320 e. The lowest BCUT2D eigenvalue weighted by molar-refractivity contribution is -0.157. The number of carboxylic acid groups (broad SMARTS) is 2. The summed E-state index contributed by atoms with van der Waals surface area (Å²) in [5, 5.41) is 16.9. The van der Waals surface area contributed by atoms with Crippen LogP contribution in [0.4, 0.5) is 0 Å². The lowest BCUT2D eigenvalue weighted by Crippen LogP contribution is -2.25. The summed E-state index contributed by atoms with van der Waals surface area (Å²) in [6.45, 7) is 0. The zero-order valence-electron chi connectivity index (χ0n) is 7.73. The molecular formula is C8H12O6. The Balaban J connectivity index is 4.05. The molecule has 0 rings (SSSR count). The Hall–Kier alpha value is -1.59. The number of hydrogen-bond donors (Lipinski definition) is 2. The molecular weight excluding hydrogens is 192 g/mol. The number of carboxylic acids is 2. The van der Waals surface area contributed by atoms with Crippen molar-refractivity contribution in [2.24, 2.45) is 5.92 Å². The van der Waals surface area contributed by atoms with Gasteiger partial charge in [-0.2, -0.15) is 0 Å². The van der Waals surface area contributed by atoms with Gasteiger partial charge in [0.25, 0.3) is 0 Å². The molecule has 0 aromatic carbocycles. The molecule has 14 heavy (non-hydrogen) atoms. The Morgan fingerprint density at radius 3 is 2.21 bits per heavy atom. The van der Waals surface area contributed by atoms with E-state index in [2.05, 4.69) is 4.74 Å². The van der Waals surface area contributed by atoms with Crippen LogP contribution >= 0.6 is 0 Å². The van der Waals surface area contributed by atoms with Crippen molar-refractivity contribution >= 4 is 17.9 Å². The molecule has 0 amide bonds. The van der Waals surface area contributed by atoms with E-state index in [0.29, 0.717) is 0 Å². The van der Waals surface area contributed by atoms with Crippen LogP contribution in [0.15, 0.2) is 0 Å². The van der Waals surface area contributed by atoms with Crippen molar-refractivity contribution in [3.05, 3.63) is 0 Å². The highest BCUT2D eigenvalue weighted by Gasteiger charge is 2.26. The van der Waals surface area contributed by atoms with Crippen LogP contribution in [0.2, 0.25) is 0 Å². The molecule has 0 fully saturated rings. The minimum atomic E-state index is -1.29. The van der Waals surface area contributed by atoms with Crippen LogP contribution in [0.5, 0.6) is 0 Å². The first-order chi connectivity index (χ1) is 6.49. The Morgan fingerprint density at radius 1 is 1.29 bits per heavy atom. The van der Waals surface area contributed by atoms with E-state index in [4.69, 9.17) is 10.2 Å². The minimum absolute atomic E-state index is 0.0195. The summed E-state index contributed by atoms with van der Waals surface area (Å²) in [7, 11) is 1.09. The molecule has 0 aromatic rings. The van der Waals surface area contributed by atoms with Gasteiger partial charge in [-0.25, -0.2) is 0 Å². The van der Waals surface area contributed by atoms with Gasteiger partial charge in [0.05, 0.1) is 7.11 Å². The van der Waals surface area contributed by atoms with Gasteiger partial charge in [-0.1, -0.05) is 0 Å². The van der Waals surface area contributed by atoms with Crippen LogP contribution in [0, 0.1) is 5.92 Å². The predicted molar refractivity (Wildman–Crippen MR) is 44.6 cm³/mol. The maximum Gasteiger partial charge on any atom is 0.320 e. The molecule has 0 bridgehead atoms. The molecule has 80 valence electrons. The molecule has 6 nitrogen and oxygen atoms in total. The summed E-state index contributed by atoms with van der Waals surface area (Å²) in [4.78, 5) is 31.5. The van der Waals surface area contributed by atoms with E-state index in [0.717, 1.165) is 7.11 Å². The first kappa shape index (κ1) is 12.4. The van der Waals surface area contributed by atoms with E-state index in [1.165, 1.54) is 0 Å². The van der Waals surface area contributed by atoms with E-state index in [1.807, 2.05) is 0 Å². The van der Waals surface area contributed by atoms with Crippen LogP contribution in [0.3, 0.4) is 0 Å². The Bertz CT molecular complexity index is 234. The van der Waals surface area contributed by atoms with Crippen molar-refractivity contribution in [1.29, 1.82) is 0 Å². The fourth-order valence-corrected chi connectivity index (χ4v) is 0.942. The third-order valence-electron chi connectivity index (χ3n) is 1.67. The van der Waals surface area contributed by atoms with Crippen LogP contribution in [0.25, 0.3) is 0 Å². The maximum absolute atomic E-state index is 10.9. The second-order valence-electron chi connectivity index (χ2n) is 2.70. The van der Waals surface area contributed by atoms with Gasteiger partial charge in [0.15, 0.2) is 5.92 Å². The third-order valence-corrected chi connectivity index (χ3v) is 1.67. The fraction of sp³-hybridized carbons (Fsp3) is 0.625. The molecule has 0 aliphatic heterocycles. The van der Waals surface area contributed by atoms with Crippen molar-refractivity contribution in [3.8, 4) is 0 Å². The summed E-state index contributed by atoms with van der Waals surface area (Å²) in [6, 6.07) is 0. The van der Waals surface area contributed by atoms with Crippen LogP contribution < -0.4 is 0 Å². The molecule has 2 N–H and O–H groups in total. The third kappa shape index (κ3) is 4.44. The second kappa shape index (κ2) is 5.95. The highest BCUT2D eigenvalue weighted by atomic mass is 16.5. The molecule has 0 aromatic heterocycles. The highest BCUT2D eigenvalue weighted by Crippen LogP contribution is 2.10. The summed E-state index contributed by atoms with van der Waals surface area (Å²) >= 11 is 0. The summed E-state index contributed by atoms with van der Waals surface area (Å²) < 4.78 is 4.26. The molecule has 0 heterocycles. The van der Waals surface area contributed by atoms with E-state index in [9.17, 15) is 14.4 Å². The molecule has 0 spiro atoms. The van der Waals surface area contributed by atoms with Crippen LogP contribution in [-0.2, 0) is 19.1 Å². The summed E-state index contributed by atoms with van der Waals surface area (Å²) in [6.07, 6.45) is -0.0313. The first-order valence-electron chi connectivity index (χ1n) is 4.01. The van der Waals surface area contributed by atoms with E-state index in [-0.39, 0.29) is 19.3 Å². The quantitative estimate of drug-likeness (QED) is 0.470. The van der Waals surface area contributed by atoms with Crippen molar-refractivity contribution in [3.63, 3.8) is 0 Å². The molecule has 1 unspecified atom stereocenters. The van der Waals surface area contributed by atoms with Gasteiger partial charge in [0, 0.05) is 6.42 Å². The van der Waals surface area contributed by atoms with Gasteiger partial charge in [-0.05, 0) is 12.8 Å².